The van der Waals surface area contributed by atoms with E-state index in [1.807, 2.05) is 24.3 Å². The lowest BCUT2D eigenvalue weighted by molar-refractivity contribution is 0.0932. The van der Waals surface area contributed by atoms with Crippen LogP contribution in [-0.2, 0) is 0 Å². The molecule has 6 heteroatoms. The zero-order chi connectivity index (χ0) is 17.3. The van der Waals surface area contributed by atoms with Crippen LogP contribution in [0.1, 0.15) is 48.7 Å². The predicted molar refractivity (Wildman–Crippen MR) is 95.7 cm³/mol. The number of nitrogens with one attached hydrogen (secondary N) is 1. The van der Waals surface area contributed by atoms with E-state index in [1.165, 1.54) is 0 Å². The third-order valence-electron chi connectivity index (χ3n) is 4.41. The third kappa shape index (κ3) is 3.47. The number of nitrogens with two attached hydrogens (primary N) is 1. The van der Waals surface area contributed by atoms with Gasteiger partial charge < -0.3 is 11.1 Å². The number of carbonyl (C=O) groups is 1. The number of benzene rings is 1. The molecule has 1 fully saturated rings. The molecule has 1 aliphatic rings. The summed E-state index contributed by atoms with van der Waals surface area (Å²) in [5.74, 6) is 0.559. The van der Waals surface area contributed by atoms with Crippen molar-refractivity contribution in [2.45, 2.75) is 38.6 Å². The van der Waals surface area contributed by atoms with Crippen molar-refractivity contribution in [3.05, 3.63) is 46.7 Å². The van der Waals surface area contributed by atoms with E-state index in [1.54, 1.807) is 10.9 Å². The van der Waals surface area contributed by atoms with Crippen molar-refractivity contribution in [1.29, 1.82) is 0 Å². The summed E-state index contributed by atoms with van der Waals surface area (Å²) >= 11 is 6.09. The van der Waals surface area contributed by atoms with Gasteiger partial charge in [-0.25, -0.2) is 4.68 Å². The fourth-order valence-electron chi connectivity index (χ4n) is 3.02. The van der Waals surface area contributed by atoms with E-state index in [0.29, 0.717) is 23.0 Å². The molecule has 3 N–H and O–H groups in total. The topological polar surface area (TPSA) is 72.9 Å². The molecule has 1 atom stereocenters. The van der Waals surface area contributed by atoms with Gasteiger partial charge in [-0.1, -0.05) is 31.5 Å². The molecule has 0 spiro atoms. The molecule has 0 aliphatic heterocycles. The average Bonchev–Trinajstić information content (AvgIpc) is 3.29. The minimum Gasteiger partial charge on any atom is -0.348 e. The van der Waals surface area contributed by atoms with Crippen LogP contribution < -0.4 is 11.1 Å². The molecule has 1 aromatic heterocycles. The highest BCUT2D eigenvalue weighted by Gasteiger charge is 2.32. The van der Waals surface area contributed by atoms with E-state index >= 15 is 0 Å². The van der Waals surface area contributed by atoms with E-state index < -0.39 is 0 Å². The van der Waals surface area contributed by atoms with Crippen LogP contribution in [0.15, 0.2) is 30.5 Å². The SMILES string of the molecule is CC(C)c1c(C(=O)NC(CN)C2CC2)cnn1-c1cccc(Cl)c1. The van der Waals surface area contributed by atoms with Gasteiger partial charge in [-0.2, -0.15) is 5.10 Å². The van der Waals surface area contributed by atoms with Crippen LogP contribution in [0.2, 0.25) is 5.02 Å². The highest BCUT2D eigenvalue weighted by molar-refractivity contribution is 6.30. The first kappa shape index (κ1) is 17.0. The summed E-state index contributed by atoms with van der Waals surface area (Å²) in [5.41, 5.74) is 8.13. The highest BCUT2D eigenvalue weighted by atomic mass is 35.5. The van der Waals surface area contributed by atoms with Gasteiger partial charge in [-0.15, -0.1) is 0 Å². The van der Waals surface area contributed by atoms with Crippen LogP contribution in [0.5, 0.6) is 0 Å². The normalized spacial score (nSPS) is 15.5. The van der Waals surface area contributed by atoms with Gasteiger partial charge in [0, 0.05) is 17.6 Å². The van der Waals surface area contributed by atoms with Gasteiger partial charge in [-0.05, 0) is 42.9 Å². The van der Waals surface area contributed by atoms with Gasteiger partial charge in [0.05, 0.1) is 23.1 Å². The van der Waals surface area contributed by atoms with E-state index in [2.05, 4.69) is 24.3 Å². The lowest BCUT2D eigenvalue weighted by Crippen LogP contribution is -2.42. The van der Waals surface area contributed by atoms with Crippen molar-refractivity contribution >= 4 is 17.5 Å². The molecular formula is C18H23ClN4O. The van der Waals surface area contributed by atoms with Gasteiger partial charge >= 0.3 is 0 Å². The number of nitrogens with zero attached hydrogens (tertiary/aromatic N) is 2. The van der Waals surface area contributed by atoms with Crippen molar-refractivity contribution < 1.29 is 4.79 Å². The molecule has 3 rings (SSSR count). The molecule has 1 aliphatic carbocycles. The van der Waals surface area contributed by atoms with Gasteiger partial charge in [0.2, 0.25) is 0 Å². The van der Waals surface area contributed by atoms with Crippen molar-refractivity contribution in [2.75, 3.05) is 6.54 Å². The molecule has 1 saturated carbocycles. The van der Waals surface area contributed by atoms with E-state index in [-0.39, 0.29) is 17.9 Å². The molecular weight excluding hydrogens is 324 g/mol. The van der Waals surface area contributed by atoms with Crippen molar-refractivity contribution in [2.24, 2.45) is 11.7 Å². The van der Waals surface area contributed by atoms with Crippen molar-refractivity contribution in [3.8, 4) is 5.69 Å². The fourth-order valence-corrected chi connectivity index (χ4v) is 3.20. The summed E-state index contributed by atoms with van der Waals surface area (Å²) in [6, 6.07) is 7.51. The summed E-state index contributed by atoms with van der Waals surface area (Å²) in [7, 11) is 0. The van der Waals surface area contributed by atoms with Crippen LogP contribution >= 0.6 is 11.6 Å². The number of hydrogen-bond acceptors (Lipinski definition) is 3. The van der Waals surface area contributed by atoms with E-state index in [9.17, 15) is 4.79 Å². The van der Waals surface area contributed by atoms with E-state index in [0.717, 1.165) is 24.2 Å². The summed E-state index contributed by atoms with van der Waals surface area (Å²) in [6.07, 6.45) is 3.91. The Morgan fingerprint density at radius 1 is 1.46 bits per heavy atom. The Morgan fingerprint density at radius 2 is 2.21 bits per heavy atom. The molecule has 1 amide bonds. The second-order valence-corrected chi connectivity index (χ2v) is 7.08. The minimum atomic E-state index is -0.102. The molecule has 2 aromatic rings. The summed E-state index contributed by atoms with van der Waals surface area (Å²) in [4.78, 5) is 12.7. The Balaban J connectivity index is 1.92. The van der Waals surface area contributed by atoms with E-state index in [4.69, 9.17) is 17.3 Å². The fraction of sp³-hybridized carbons (Fsp3) is 0.444. The monoisotopic (exact) mass is 346 g/mol. The predicted octanol–water partition coefficient (Wildman–Crippen LogP) is 3.12. The van der Waals surface area contributed by atoms with Crippen molar-refractivity contribution in [1.82, 2.24) is 15.1 Å². The Kier molecular flexibility index (Phi) is 4.92. The number of rotatable bonds is 6. The number of hydrogen-bond donors (Lipinski definition) is 2. The first-order valence-corrected chi connectivity index (χ1v) is 8.73. The summed E-state index contributed by atoms with van der Waals surface area (Å²) in [5, 5.41) is 8.14. The molecule has 24 heavy (non-hydrogen) atoms. The Hall–Kier alpha value is -1.85. The van der Waals surface area contributed by atoms with Crippen LogP contribution in [-0.4, -0.2) is 28.3 Å². The standard InChI is InChI=1S/C18H23ClN4O/c1-11(2)17-15(18(24)22-16(9-20)12-6-7-12)10-21-23(17)14-5-3-4-13(19)8-14/h3-5,8,10-12,16H,6-7,9,20H2,1-2H3,(H,22,24). The first-order valence-electron chi connectivity index (χ1n) is 8.36. The Morgan fingerprint density at radius 3 is 2.79 bits per heavy atom. The molecule has 0 radical (unpaired) electrons. The van der Waals surface area contributed by atoms with Gasteiger partial charge in [0.15, 0.2) is 0 Å². The maximum Gasteiger partial charge on any atom is 0.255 e. The smallest absolute Gasteiger partial charge is 0.255 e. The molecule has 128 valence electrons. The second kappa shape index (κ2) is 6.95. The molecule has 1 aromatic carbocycles. The molecule has 1 heterocycles. The lowest BCUT2D eigenvalue weighted by atomic mass is 10.0. The number of amides is 1. The Labute approximate surface area is 147 Å². The zero-order valence-electron chi connectivity index (χ0n) is 14.0. The Bertz CT molecular complexity index is 736. The lowest BCUT2D eigenvalue weighted by Gasteiger charge is -2.17. The minimum absolute atomic E-state index is 0.0482. The van der Waals surface area contributed by atoms with Gasteiger partial charge in [0.1, 0.15) is 0 Å². The van der Waals surface area contributed by atoms with Crippen LogP contribution in [0.3, 0.4) is 0 Å². The molecule has 1 unspecified atom stereocenters. The average molecular weight is 347 g/mol. The largest absolute Gasteiger partial charge is 0.348 e. The third-order valence-corrected chi connectivity index (χ3v) is 4.65. The molecule has 0 saturated heterocycles. The van der Waals surface area contributed by atoms with Crippen LogP contribution in [0.4, 0.5) is 0 Å². The highest BCUT2D eigenvalue weighted by Crippen LogP contribution is 2.32. The van der Waals surface area contributed by atoms with Crippen LogP contribution in [0, 0.1) is 5.92 Å². The maximum absolute atomic E-state index is 12.7. The number of aromatic nitrogens is 2. The van der Waals surface area contributed by atoms with Gasteiger partial charge in [-0.3, -0.25) is 4.79 Å². The first-order chi connectivity index (χ1) is 11.5. The van der Waals surface area contributed by atoms with Crippen molar-refractivity contribution in [3.63, 3.8) is 0 Å². The van der Waals surface area contributed by atoms with Crippen LogP contribution in [0.25, 0.3) is 5.69 Å². The van der Waals surface area contributed by atoms with Gasteiger partial charge in [0.25, 0.3) is 5.91 Å². The quantitative estimate of drug-likeness (QED) is 0.844. The summed E-state index contributed by atoms with van der Waals surface area (Å²) < 4.78 is 1.79. The number of halogens is 1. The molecule has 0 bridgehead atoms. The maximum atomic E-state index is 12.7. The zero-order valence-corrected chi connectivity index (χ0v) is 14.8. The number of carbonyl (C=O) groups excluding carboxylic acids is 1. The second-order valence-electron chi connectivity index (χ2n) is 6.64. The summed E-state index contributed by atoms with van der Waals surface area (Å²) in [6.45, 7) is 4.57. The molecule has 5 nitrogen and oxygen atoms in total.